The van der Waals surface area contributed by atoms with E-state index in [2.05, 4.69) is 0 Å². The summed E-state index contributed by atoms with van der Waals surface area (Å²) < 4.78 is 13.5. The van der Waals surface area contributed by atoms with Crippen molar-refractivity contribution in [3.8, 4) is 0 Å². The number of hydrogen-bond donors (Lipinski definition) is 0. The van der Waals surface area contributed by atoms with E-state index in [9.17, 15) is 14.0 Å². The molecule has 1 unspecified atom stereocenters. The summed E-state index contributed by atoms with van der Waals surface area (Å²) in [5, 5.41) is 0.596. The monoisotopic (exact) mass is 446 g/mol. The molecular weight excluding hydrogens is 427 g/mol. The Morgan fingerprint density at radius 2 is 1.59 bits per heavy atom. The Hall–Kier alpha value is -3.18. The van der Waals surface area contributed by atoms with E-state index >= 15 is 0 Å². The fourth-order valence-electron chi connectivity index (χ4n) is 5.86. The van der Waals surface area contributed by atoms with Gasteiger partial charge >= 0.3 is 0 Å². The molecule has 2 fully saturated rings. The molecule has 1 aliphatic carbocycles. The quantitative estimate of drug-likeness (QED) is 0.557. The molecule has 2 heterocycles. The fraction of sp³-hybridized carbons (Fsp3) is 0.231. The molecule has 3 aromatic carbocycles. The molecule has 6 heteroatoms. The first-order valence-electron chi connectivity index (χ1n) is 10.7. The van der Waals surface area contributed by atoms with Crippen LogP contribution >= 0.6 is 11.6 Å². The van der Waals surface area contributed by atoms with Gasteiger partial charge in [0.1, 0.15) is 5.82 Å². The molecule has 32 heavy (non-hydrogen) atoms. The maximum Gasteiger partial charge on any atom is 0.256 e. The van der Waals surface area contributed by atoms with Crippen LogP contribution in [0, 0.1) is 5.82 Å². The number of rotatable bonds is 2. The lowest BCUT2D eigenvalue weighted by Gasteiger charge is -2.53. The zero-order valence-corrected chi connectivity index (χ0v) is 18.0. The van der Waals surface area contributed by atoms with Crippen LogP contribution in [0.25, 0.3) is 0 Å². The van der Waals surface area contributed by atoms with E-state index in [0.717, 1.165) is 24.0 Å². The number of fused-ring (bicyclic) bond motifs is 4. The zero-order valence-electron chi connectivity index (χ0n) is 17.2. The average molecular weight is 447 g/mol. The molecule has 1 atom stereocenters. The molecular formula is C26H20ClFN2O2. The first-order valence-corrected chi connectivity index (χ1v) is 11.1. The van der Waals surface area contributed by atoms with Gasteiger partial charge in [-0.1, -0.05) is 41.9 Å². The normalized spacial score (nSPS) is 22.6. The van der Waals surface area contributed by atoms with E-state index in [4.69, 9.17) is 11.6 Å². The Labute approximate surface area is 190 Å². The molecule has 0 bridgehead atoms. The fourth-order valence-corrected chi connectivity index (χ4v) is 5.99. The van der Waals surface area contributed by atoms with Gasteiger partial charge in [-0.3, -0.25) is 9.59 Å². The van der Waals surface area contributed by atoms with Crippen molar-refractivity contribution in [3.05, 3.63) is 106 Å². The first kappa shape index (κ1) is 19.5. The molecule has 160 valence electrons. The molecule has 2 aliphatic heterocycles. The third kappa shape index (κ3) is 2.37. The van der Waals surface area contributed by atoms with Gasteiger partial charge < -0.3 is 9.80 Å². The Balaban J connectivity index is 1.61. The smallest absolute Gasteiger partial charge is 0.256 e. The Morgan fingerprint density at radius 1 is 0.906 bits per heavy atom. The van der Waals surface area contributed by atoms with Gasteiger partial charge in [0.25, 0.3) is 11.8 Å². The number of hydrogen-bond acceptors (Lipinski definition) is 2. The molecule has 0 N–H and O–H groups in total. The van der Waals surface area contributed by atoms with Crippen molar-refractivity contribution in [1.82, 2.24) is 9.80 Å². The molecule has 1 spiro atoms. The van der Waals surface area contributed by atoms with Crippen LogP contribution in [0.2, 0.25) is 5.02 Å². The summed E-state index contributed by atoms with van der Waals surface area (Å²) in [5.41, 5.74) is 1.64. The number of carbonyl (C=O) groups excluding carboxylic acids is 2. The van der Waals surface area contributed by atoms with Crippen LogP contribution in [0.1, 0.15) is 44.7 Å². The highest BCUT2D eigenvalue weighted by molar-refractivity contribution is 6.30. The summed E-state index contributed by atoms with van der Waals surface area (Å²) >= 11 is 6.20. The van der Waals surface area contributed by atoms with Crippen LogP contribution in [0.15, 0.2) is 72.8 Å². The van der Waals surface area contributed by atoms with E-state index in [1.165, 1.54) is 24.3 Å². The molecule has 0 aromatic heterocycles. The van der Waals surface area contributed by atoms with Gasteiger partial charge in [-0.2, -0.15) is 0 Å². The highest BCUT2D eigenvalue weighted by atomic mass is 35.5. The zero-order chi connectivity index (χ0) is 22.1. The van der Waals surface area contributed by atoms with E-state index < -0.39 is 16.9 Å². The minimum absolute atomic E-state index is 0.0671. The van der Waals surface area contributed by atoms with Gasteiger partial charge in [-0.05, 0) is 66.4 Å². The van der Waals surface area contributed by atoms with Crippen LogP contribution in [0.3, 0.4) is 0 Å². The molecule has 3 aromatic rings. The topological polar surface area (TPSA) is 40.6 Å². The third-order valence-electron chi connectivity index (χ3n) is 7.25. The van der Waals surface area contributed by atoms with Crippen LogP contribution < -0.4 is 0 Å². The van der Waals surface area contributed by atoms with Gasteiger partial charge in [0.05, 0.1) is 0 Å². The van der Waals surface area contributed by atoms with Crippen molar-refractivity contribution in [2.24, 2.45) is 0 Å². The second-order valence-electron chi connectivity index (χ2n) is 8.73. The minimum Gasteiger partial charge on any atom is -0.309 e. The molecule has 2 amide bonds. The standard InChI is InChI=1S/C26H20ClFN2O2/c27-19-9-7-18(8-10-19)26-25(13-14-25)22-4-2-1-3-21(22)24(32)30(26)16-15-29(26)23(31)17-5-11-20(28)12-6-17/h1-12H,13-16H2. The van der Waals surface area contributed by atoms with Crippen molar-refractivity contribution >= 4 is 23.4 Å². The first-order chi connectivity index (χ1) is 15.5. The van der Waals surface area contributed by atoms with Crippen molar-refractivity contribution in [1.29, 1.82) is 0 Å². The lowest BCUT2D eigenvalue weighted by molar-refractivity contribution is -0.0164. The molecule has 6 rings (SSSR count). The number of carbonyl (C=O) groups is 2. The van der Waals surface area contributed by atoms with Gasteiger partial charge in [0.15, 0.2) is 5.66 Å². The van der Waals surface area contributed by atoms with Crippen LogP contribution in [0.5, 0.6) is 0 Å². The summed E-state index contributed by atoms with van der Waals surface area (Å²) in [6.07, 6.45) is 1.73. The number of halogens is 2. The lowest BCUT2D eigenvalue weighted by Crippen LogP contribution is -2.64. The van der Waals surface area contributed by atoms with Crippen molar-refractivity contribution in [2.45, 2.75) is 23.9 Å². The van der Waals surface area contributed by atoms with Gasteiger partial charge in [-0.25, -0.2) is 4.39 Å². The van der Waals surface area contributed by atoms with Crippen molar-refractivity contribution < 1.29 is 14.0 Å². The van der Waals surface area contributed by atoms with Crippen LogP contribution in [-0.2, 0) is 11.1 Å². The second kappa shape index (κ2) is 6.66. The highest BCUT2D eigenvalue weighted by Gasteiger charge is 2.73. The van der Waals surface area contributed by atoms with Crippen LogP contribution in [0.4, 0.5) is 4.39 Å². The van der Waals surface area contributed by atoms with Crippen LogP contribution in [-0.4, -0.2) is 34.7 Å². The predicted molar refractivity (Wildman–Crippen MR) is 119 cm³/mol. The predicted octanol–water partition coefficient (Wildman–Crippen LogP) is 4.98. The summed E-state index contributed by atoms with van der Waals surface area (Å²) in [5.74, 6) is -0.666. The second-order valence-corrected chi connectivity index (χ2v) is 9.16. The van der Waals surface area contributed by atoms with Gasteiger partial charge in [-0.15, -0.1) is 0 Å². The van der Waals surface area contributed by atoms with Crippen molar-refractivity contribution in [3.63, 3.8) is 0 Å². The van der Waals surface area contributed by atoms with E-state index in [1.807, 2.05) is 58.3 Å². The number of nitrogens with zero attached hydrogens (tertiary/aromatic N) is 2. The maximum absolute atomic E-state index is 13.8. The number of amides is 2. The summed E-state index contributed by atoms with van der Waals surface area (Å²) in [6.45, 7) is 0.838. The summed E-state index contributed by atoms with van der Waals surface area (Å²) in [7, 11) is 0. The van der Waals surface area contributed by atoms with Crippen molar-refractivity contribution in [2.75, 3.05) is 13.1 Å². The van der Waals surface area contributed by atoms with Gasteiger partial charge in [0.2, 0.25) is 0 Å². The SMILES string of the molecule is O=C(c1ccc(F)cc1)N1CCN2C(=O)c3ccccc3C3(CC3)C12c1ccc(Cl)cc1. The highest BCUT2D eigenvalue weighted by Crippen LogP contribution is 2.67. The minimum atomic E-state index is -0.950. The Kier molecular flexibility index (Phi) is 4.06. The summed E-state index contributed by atoms with van der Waals surface area (Å²) in [6, 6.07) is 20.8. The van der Waals surface area contributed by atoms with E-state index in [1.54, 1.807) is 0 Å². The molecule has 0 radical (unpaired) electrons. The Bertz CT molecular complexity index is 1250. The van der Waals surface area contributed by atoms with E-state index in [0.29, 0.717) is 29.2 Å². The van der Waals surface area contributed by atoms with Gasteiger partial charge in [0, 0.05) is 34.7 Å². The number of benzene rings is 3. The average Bonchev–Trinajstić information content (AvgIpc) is 3.51. The third-order valence-corrected chi connectivity index (χ3v) is 7.50. The molecule has 3 aliphatic rings. The van der Waals surface area contributed by atoms with E-state index in [-0.39, 0.29) is 11.8 Å². The largest absolute Gasteiger partial charge is 0.309 e. The lowest BCUT2D eigenvalue weighted by atomic mass is 9.71. The maximum atomic E-state index is 13.8. The molecule has 4 nitrogen and oxygen atoms in total. The summed E-state index contributed by atoms with van der Waals surface area (Å²) in [4.78, 5) is 31.2. The Morgan fingerprint density at radius 3 is 2.28 bits per heavy atom. The molecule has 1 saturated heterocycles. The molecule has 1 saturated carbocycles.